The predicted octanol–water partition coefficient (Wildman–Crippen LogP) is 5.13. The second-order valence-corrected chi connectivity index (χ2v) is 9.04. The predicted molar refractivity (Wildman–Crippen MR) is 139 cm³/mol. The van der Waals surface area contributed by atoms with Gasteiger partial charge >= 0.3 is 0 Å². The number of methoxy groups -OCH3 is 1. The zero-order chi connectivity index (χ0) is 24.7. The molecule has 5 rings (SSSR count). The number of nitrogens with one attached hydrogen (secondary N) is 1. The summed E-state index contributed by atoms with van der Waals surface area (Å²) in [6, 6.07) is 21.9. The molecule has 7 heteroatoms. The van der Waals surface area contributed by atoms with Crippen molar-refractivity contribution in [3.8, 4) is 17.1 Å². The van der Waals surface area contributed by atoms with Crippen molar-refractivity contribution < 1.29 is 13.9 Å². The van der Waals surface area contributed by atoms with Gasteiger partial charge in [0.15, 0.2) is 5.82 Å². The summed E-state index contributed by atoms with van der Waals surface area (Å²) in [5.41, 5.74) is 2.72. The van der Waals surface area contributed by atoms with Crippen molar-refractivity contribution in [2.75, 3.05) is 25.1 Å². The molecule has 1 N–H and O–H groups in total. The minimum atomic E-state index is -0.214. The van der Waals surface area contributed by atoms with Gasteiger partial charge in [0.05, 0.1) is 19.9 Å². The lowest BCUT2D eigenvalue weighted by Crippen LogP contribution is -2.37. The molecule has 7 nitrogen and oxygen atoms in total. The highest BCUT2D eigenvalue weighted by atomic mass is 16.5. The molecule has 184 valence electrons. The summed E-state index contributed by atoms with van der Waals surface area (Å²) in [6.45, 7) is 1.99. The van der Waals surface area contributed by atoms with E-state index in [4.69, 9.17) is 14.1 Å². The number of carbonyl (C=O) groups is 1. The Morgan fingerprint density at radius 1 is 1.06 bits per heavy atom. The van der Waals surface area contributed by atoms with Crippen LogP contribution < -0.4 is 15.0 Å². The number of nitrogens with zero attached hydrogens (tertiary/aromatic N) is 3. The van der Waals surface area contributed by atoms with Gasteiger partial charge < -0.3 is 19.4 Å². The third kappa shape index (κ3) is 5.57. The Morgan fingerprint density at radius 2 is 1.83 bits per heavy atom. The highest BCUT2D eigenvalue weighted by Crippen LogP contribution is 2.29. The van der Waals surface area contributed by atoms with Crippen LogP contribution >= 0.6 is 0 Å². The highest BCUT2D eigenvalue weighted by Gasteiger charge is 2.25. The molecule has 0 radical (unpaired) electrons. The standard InChI is InChI=1S/C29H30N4O3/c1-35-24-11-9-23(10-12-24)27-30-20-26(29(34)31-19-25-8-5-17-36-25)28(32-27)33-15-13-22(14-16-33)18-21-6-3-2-4-7-21/h2-12,17,20,22H,13-16,18-19H2,1H3,(H,31,34). The zero-order valence-electron chi connectivity index (χ0n) is 20.4. The first-order valence-corrected chi connectivity index (χ1v) is 12.3. The number of aromatic nitrogens is 2. The fourth-order valence-electron chi connectivity index (χ4n) is 4.63. The largest absolute Gasteiger partial charge is 0.497 e. The summed E-state index contributed by atoms with van der Waals surface area (Å²) in [6.07, 6.45) is 6.40. The molecule has 2 aromatic heterocycles. The lowest BCUT2D eigenvalue weighted by molar-refractivity contribution is 0.0947. The average Bonchev–Trinajstić information content (AvgIpc) is 3.46. The average molecular weight is 483 g/mol. The van der Waals surface area contributed by atoms with Crippen LogP contribution in [0.2, 0.25) is 0 Å². The molecule has 3 heterocycles. The summed E-state index contributed by atoms with van der Waals surface area (Å²) >= 11 is 0. The molecule has 1 amide bonds. The highest BCUT2D eigenvalue weighted by molar-refractivity contribution is 5.98. The van der Waals surface area contributed by atoms with Gasteiger partial charge in [0.2, 0.25) is 0 Å². The third-order valence-corrected chi connectivity index (χ3v) is 6.65. The minimum absolute atomic E-state index is 0.214. The number of piperidine rings is 1. The van der Waals surface area contributed by atoms with Crippen LogP contribution in [0.5, 0.6) is 5.75 Å². The summed E-state index contributed by atoms with van der Waals surface area (Å²) in [5, 5.41) is 2.94. The number of anilines is 1. The maximum Gasteiger partial charge on any atom is 0.256 e. The molecule has 0 saturated carbocycles. The van der Waals surface area contributed by atoms with E-state index in [1.807, 2.05) is 30.3 Å². The molecule has 1 aliphatic heterocycles. The molecular weight excluding hydrogens is 452 g/mol. The van der Waals surface area contributed by atoms with Crippen molar-refractivity contribution in [3.63, 3.8) is 0 Å². The first kappa shape index (κ1) is 23.6. The number of rotatable bonds is 8. The van der Waals surface area contributed by atoms with Crippen LogP contribution in [0, 0.1) is 5.92 Å². The van der Waals surface area contributed by atoms with Crippen LogP contribution in [0.1, 0.15) is 34.5 Å². The Kier molecular flexibility index (Phi) is 7.26. The van der Waals surface area contributed by atoms with Gasteiger partial charge in [-0.25, -0.2) is 9.97 Å². The van der Waals surface area contributed by atoms with E-state index in [0.29, 0.717) is 35.4 Å². The van der Waals surface area contributed by atoms with E-state index in [0.717, 1.165) is 43.7 Å². The first-order chi connectivity index (χ1) is 17.7. The molecule has 1 saturated heterocycles. The maximum atomic E-state index is 13.2. The van der Waals surface area contributed by atoms with Gasteiger partial charge in [-0.3, -0.25) is 4.79 Å². The van der Waals surface area contributed by atoms with Crippen molar-refractivity contribution in [1.29, 1.82) is 0 Å². The second kappa shape index (κ2) is 11.1. The molecular formula is C29H30N4O3. The fraction of sp³-hybridized carbons (Fsp3) is 0.276. The first-order valence-electron chi connectivity index (χ1n) is 12.3. The molecule has 4 aromatic rings. The van der Waals surface area contributed by atoms with E-state index in [9.17, 15) is 4.79 Å². The second-order valence-electron chi connectivity index (χ2n) is 9.04. The zero-order valence-corrected chi connectivity index (χ0v) is 20.4. The molecule has 1 aliphatic rings. The molecule has 0 aliphatic carbocycles. The topological polar surface area (TPSA) is 80.5 Å². The normalized spacial score (nSPS) is 14.0. The van der Waals surface area contributed by atoms with E-state index >= 15 is 0 Å². The summed E-state index contributed by atoms with van der Waals surface area (Å²) in [7, 11) is 1.64. The van der Waals surface area contributed by atoms with Gasteiger partial charge in [0.1, 0.15) is 22.9 Å². The van der Waals surface area contributed by atoms with Crippen LogP contribution in [-0.2, 0) is 13.0 Å². The number of amides is 1. The smallest absolute Gasteiger partial charge is 0.256 e. The van der Waals surface area contributed by atoms with Crippen LogP contribution in [0.3, 0.4) is 0 Å². The lowest BCUT2D eigenvalue weighted by atomic mass is 9.90. The van der Waals surface area contributed by atoms with Crippen LogP contribution in [-0.4, -0.2) is 36.1 Å². The Morgan fingerprint density at radius 3 is 2.53 bits per heavy atom. The minimum Gasteiger partial charge on any atom is -0.497 e. The van der Waals surface area contributed by atoms with E-state index < -0.39 is 0 Å². The van der Waals surface area contributed by atoms with Gasteiger partial charge in [-0.05, 0) is 67.1 Å². The Bertz CT molecular complexity index is 1270. The Labute approximate surface area is 211 Å². The molecule has 0 unspecified atom stereocenters. The van der Waals surface area contributed by atoms with E-state index in [1.165, 1.54) is 5.56 Å². The van der Waals surface area contributed by atoms with Crippen molar-refractivity contribution in [3.05, 3.63) is 96.1 Å². The summed E-state index contributed by atoms with van der Waals surface area (Å²) in [5.74, 6) is 3.13. The summed E-state index contributed by atoms with van der Waals surface area (Å²) < 4.78 is 10.6. The van der Waals surface area contributed by atoms with Crippen LogP contribution in [0.4, 0.5) is 5.82 Å². The lowest BCUT2D eigenvalue weighted by Gasteiger charge is -2.34. The molecule has 1 fully saturated rings. The van der Waals surface area contributed by atoms with Gasteiger partial charge in [-0.2, -0.15) is 0 Å². The van der Waals surface area contributed by atoms with Crippen molar-refractivity contribution >= 4 is 11.7 Å². The fourth-order valence-corrected chi connectivity index (χ4v) is 4.63. The monoisotopic (exact) mass is 482 g/mol. The number of benzene rings is 2. The van der Waals surface area contributed by atoms with Crippen molar-refractivity contribution in [2.45, 2.75) is 25.8 Å². The maximum absolute atomic E-state index is 13.2. The van der Waals surface area contributed by atoms with E-state index in [1.54, 1.807) is 25.6 Å². The SMILES string of the molecule is COc1ccc(-c2ncc(C(=O)NCc3ccco3)c(N3CCC(Cc4ccccc4)CC3)n2)cc1. The van der Waals surface area contributed by atoms with Crippen LogP contribution in [0.15, 0.2) is 83.6 Å². The molecule has 0 atom stereocenters. The molecule has 0 spiro atoms. The van der Waals surface area contributed by atoms with Gasteiger partial charge in [0, 0.05) is 24.8 Å². The quantitative estimate of drug-likeness (QED) is 0.375. The third-order valence-electron chi connectivity index (χ3n) is 6.65. The molecule has 0 bridgehead atoms. The Balaban J connectivity index is 1.36. The van der Waals surface area contributed by atoms with Crippen molar-refractivity contribution in [2.24, 2.45) is 5.92 Å². The van der Waals surface area contributed by atoms with E-state index in [2.05, 4.69) is 45.5 Å². The number of hydrogen-bond donors (Lipinski definition) is 1. The Hall–Kier alpha value is -4.13. The number of ether oxygens (including phenoxy) is 1. The van der Waals surface area contributed by atoms with Crippen molar-refractivity contribution in [1.82, 2.24) is 15.3 Å². The number of hydrogen-bond acceptors (Lipinski definition) is 6. The van der Waals surface area contributed by atoms with Gasteiger partial charge in [0.25, 0.3) is 5.91 Å². The number of carbonyl (C=O) groups excluding carboxylic acids is 1. The van der Waals surface area contributed by atoms with Gasteiger partial charge in [-0.1, -0.05) is 30.3 Å². The van der Waals surface area contributed by atoms with Crippen LogP contribution in [0.25, 0.3) is 11.4 Å². The molecule has 36 heavy (non-hydrogen) atoms. The number of furan rings is 1. The van der Waals surface area contributed by atoms with E-state index in [-0.39, 0.29) is 5.91 Å². The van der Waals surface area contributed by atoms with Gasteiger partial charge in [-0.15, -0.1) is 0 Å². The molecule has 2 aromatic carbocycles. The summed E-state index contributed by atoms with van der Waals surface area (Å²) in [4.78, 5) is 24.8.